The van der Waals surface area contributed by atoms with Crippen LogP contribution in [0, 0.1) is 23.0 Å². The Labute approximate surface area is 274 Å². The molecule has 230 valence electrons. The average Bonchev–Trinajstić information content (AvgIpc) is 3.05. The number of aromatic nitrogens is 1. The molecule has 0 unspecified atom stereocenters. The largest absolute Gasteiger partial charge is 0.457 e. The van der Waals surface area contributed by atoms with Crippen molar-refractivity contribution < 1.29 is 23.0 Å². The number of halogens is 2. The van der Waals surface area contributed by atoms with Crippen molar-refractivity contribution in [3.63, 3.8) is 0 Å². The summed E-state index contributed by atoms with van der Waals surface area (Å²) in [6.45, 7) is 1.42. The Hall–Kier alpha value is -5.11. The molecule has 0 atom stereocenters. The predicted octanol–water partition coefficient (Wildman–Crippen LogP) is 9.96. The van der Waals surface area contributed by atoms with E-state index < -0.39 is 0 Å². The maximum absolute atomic E-state index is 13.3. The number of rotatable bonds is 12. The first-order valence-corrected chi connectivity index (χ1v) is 16.0. The summed E-state index contributed by atoms with van der Waals surface area (Å²) in [4.78, 5) is 16.1. The Bertz CT molecular complexity index is 1800. The second kappa shape index (κ2) is 15.8. The van der Waals surface area contributed by atoms with Crippen molar-refractivity contribution in [3.8, 4) is 29.1 Å². The van der Waals surface area contributed by atoms with E-state index in [2.05, 4.69) is 16.4 Å². The fourth-order valence-corrected chi connectivity index (χ4v) is 6.45. The van der Waals surface area contributed by atoms with Gasteiger partial charge in [0.05, 0.1) is 15.5 Å². The molecule has 0 fully saturated rings. The molecule has 46 heavy (non-hydrogen) atoms. The molecule has 0 aliphatic rings. The number of ether oxygens (including phenoxy) is 2. The second-order valence-electron chi connectivity index (χ2n) is 9.87. The predicted molar refractivity (Wildman–Crippen MR) is 179 cm³/mol. The number of anilines is 1. The second-order valence-corrected chi connectivity index (χ2v) is 12.1. The zero-order valence-electron chi connectivity index (χ0n) is 24.6. The topological polar surface area (TPSA) is 84.2 Å². The lowest BCUT2D eigenvalue weighted by Gasteiger charge is -2.13. The number of hydrogen-bond acceptors (Lipinski definition) is 7. The van der Waals surface area contributed by atoms with E-state index in [0.29, 0.717) is 51.5 Å². The Morgan fingerprint density at radius 3 is 1.76 bits per heavy atom. The maximum atomic E-state index is 13.3. The maximum Gasteiger partial charge on any atom is 0.221 e. The van der Waals surface area contributed by atoms with Gasteiger partial charge in [-0.05, 0) is 96.1 Å². The molecule has 6 nitrogen and oxygen atoms in total. The third-order valence-electron chi connectivity index (χ3n) is 6.29. The third kappa shape index (κ3) is 9.44. The Kier molecular flexibility index (Phi) is 11.1. The van der Waals surface area contributed by atoms with E-state index in [0.717, 1.165) is 15.4 Å². The summed E-state index contributed by atoms with van der Waals surface area (Å²) in [5, 5.41) is 13.1. The highest BCUT2D eigenvalue weighted by Crippen LogP contribution is 2.40. The lowest BCUT2D eigenvalue weighted by atomic mass is 10.2. The minimum Gasteiger partial charge on any atom is -0.457 e. The molecule has 1 heterocycles. The highest BCUT2D eigenvalue weighted by molar-refractivity contribution is 8.21. The van der Waals surface area contributed by atoms with Crippen LogP contribution in [0.1, 0.15) is 23.7 Å². The zero-order chi connectivity index (χ0) is 32.3. The van der Waals surface area contributed by atoms with Crippen LogP contribution in [-0.4, -0.2) is 10.9 Å². The van der Waals surface area contributed by atoms with Crippen LogP contribution in [-0.2, 0) is 16.3 Å². The van der Waals surface area contributed by atoms with Gasteiger partial charge in [-0.15, -0.1) is 23.5 Å². The molecule has 1 N–H and O–H groups in total. The number of nitriles is 1. The minimum absolute atomic E-state index is 0.228. The number of carbonyl (C=O) groups excluding carboxylic acids is 1. The van der Waals surface area contributed by atoms with E-state index >= 15 is 0 Å². The highest BCUT2D eigenvalue weighted by atomic mass is 32.2. The van der Waals surface area contributed by atoms with Gasteiger partial charge in [0, 0.05) is 30.3 Å². The number of pyridine rings is 1. The van der Waals surface area contributed by atoms with E-state index in [4.69, 9.17) is 9.47 Å². The van der Waals surface area contributed by atoms with Gasteiger partial charge in [0.1, 0.15) is 40.7 Å². The summed E-state index contributed by atoms with van der Waals surface area (Å²) in [7, 11) is 0. The fraction of sp³-hybridized carbons (Fsp3) is 0.0833. The number of hydrogen-bond donors (Lipinski definition) is 1. The van der Waals surface area contributed by atoms with Gasteiger partial charge in [-0.1, -0.05) is 24.3 Å². The van der Waals surface area contributed by atoms with Crippen LogP contribution < -0.4 is 14.8 Å². The van der Waals surface area contributed by atoms with Crippen molar-refractivity contribution in [1.82, 2.24) is 4.98 Å². The van der Waals surface area contributed by atoms with Crippen LogP contribution in [0.25, 0.3) is 5.57 Å². The molecule has 4 aromatic carbocycles. The SMILES string of the molecule is CC(=O)Nc1ccnc(C(C#N)=C(SCc2cccc(Oc3ccc(F)cc3)c2)SCc2cccc(Oc3ccc(F)cc3)c2)c1. The van der Waals surface area contributed by atoms with Crippen LogP contribution in [0.5, 0.6) is 23.0 Å². The summed E-state index contributed by atoms with van der Waals surface area (Å²) in [6.07, 6.45) is 1.55. The van der Waals surface area contributed by atoms with Crippen LogP contribution in [0.15, 0.2) is 120 Å². The number of benzene rings is 4. The minimum atomic E-state index is -0.341. The van der Waals surface area contributed by atoms with E-state index in [1.807, 2.05) is 48.5 Å². The van der Waals surface area contributed by atoms with Crippen LogP contribution in [0.4, 0.5) is 14.5 Å². The van der Waals surface area contributed by atoms with Crippen molar-refractivity contribution in [3.05, 3.63) is 148 Å². The molecule has 5 aromatic rings. The van der Waals surface area contributed by atoms with Crippen molar-refractivity contribution in [2.45, 2.75) is 18.4 Å². The van der Waals surface area contributed by atoms with Crippen LogP contribution >= 0.6 is 23.5 Å². The number of amides is 1. The molecular weight excluding hydrogens is 625 g/mol. The van der Waals surface area contributed by atoms with Gasteiger partial charge in [0.15, 0.2) is 0 Å². The lowest BCUT2D eigenvalue weighted by molar-refractivity contribution is -0.114. The van der Waals surface area contributed by atoms with Gasteiger partial charge in [-0.3, -0.25) is 9.78 Å². The molecule has 0 spiro atoms. The highest BCUT2D eigenvalue weighted by Gasteiger charge is 2.15. The molecule has 0 aliphatic carbocycles. The summed E-state index contributed by atoms with van der Waals surface area (Å²) in [5.74, 6) is 2.38. The van der Waals surface area contributed by atoms with Crippen molar-refractivity contribution >= 4 is 40.7 Å². The molecule has 1 amide bonds. The normalized spacial score (nSPS) is 10.5. The van der Waals surface area contributed by atoms with E-state index in [9.17, 15) is 18.8 Å². The Balaban J connectivity index is 1.38. The summed E-state index contributed by atoms with van der Waals surface area (Å²) in [6, 6.07) is 32.4. The summed E-state index contributed by atoms with van der Waals surface area (Å²) >= 11 is 2.97. The summed E-state index contributed by atoms with van der Waals surface area (Å²) in [5.41, 5.74) is 3.25. The Morgan fingerprint density at radius 1 is 0.761 bits per heavy atom. The molecule has 10 heteroatoms. The number of thioether (sulfide) groups is 2. The molecule has 0 bridgehead atoms. The third-order valence-corrected chi connectivity index (χ3v) is 8.88. The van der Waals surface area contributed by atoms with Crippen molar-refractivity contribution in [2.24, 2.45) is 0 Å². The monoisotopic (exact) mass is 651 g/mol. The van der Waals surface area contributed by atoms with Crippen molar-refractivity contribution in [2.75, 3.05) is 5.32 Å². The molecule has 1 aromatic heterocycles. The number of carbonyl (C=O) groups is 1. The molecular formula is C36H27F2N3O3S2. The van der Waals surface area contributed by atoms with Crippen LogP contribution in [0.3, 0.4) is 0 Å². The summed E-state index contributed by atoms with van der Waals surface area (Å²) < 4.78 is 39.2. The number of nitrogens with one attached hydrogen (secondary N) is 1. The smallest absolute Gasteiger partial charge is 0.221 e. The zero-order valence-corrected chi connectivity index (χ0v) is 26.2. The van der Waals surface area contributed by atoms with Gasteiger partial charge in [0.25, 0.3) is 0 Å². The van der Waals surface area contributed by atoms with Crippen molar-refractivity contribution in [1.29, 1.82) is 5.26 Å². The lowest BCUT2D eigenvalue weighted by Crippen LogP contribution is -2.06. The van der Waals surface area contributed by atoms with E-state index in [1.165, 1.54) is 54.7 Å². The van der Waals surface area contributed by atoms with Gasteiger partial charge in [-0.2, -0.15) is 5.26 Å². The molecule has 0 aliphatic heterocycles. The van der Waals surface area contributed by atoms with E-state index in [-0.39, 0.29) is 17.5 Å². The van der Waals surface area contributed by atoms with Gasteiger partial charge < -0.3 is 14.8 Å². The average molecular weight is 652 g/mol. The molecule has 0 saturated heterocycles. The number of allylic oxidation sites excluding steroid dienone is 1. The quantitative estimate of drug-likeness (QED) is 0.134. The Morgan fingerprint density at radius 2 is 1.28 bits per heavy atom. The first-order valence-electron chi connectivity index (χ1n) is 14.0. The molecule has 0 radical (unpaired) electrons. The van der Waals surface area contributed by atoms with Gasteiger partial charge >= 0.3 is 0 Å². The van der Waals surface area contributed by atoms with Crippen LogP contribution in [0.2, 0.25) is 0 Å². The fourth-order valence-electron chi connectivity index (χ4n) is 4.21. The standard InChI is InChI=1S/C36H27F2N3O3S2/c1-24(42)41-29-16-17-40-35(20-29)34(21-39)36(45-22-25-4-2-6-32(18-25)43-30-12-8-27(37)9-13-30)46-23-26-5-3-7-33(19-26)44-31-14-10-28(38)11-15-31/h2-20H,22-23H2,1H3,(H,40,41,42). The van der Waals surface area contributed by atoms with E-state index in [1.54, 1.807) is 42.6 Å². The number of nitrogens with zero attached hydrogens (tertiary/aromatic N) is 2. The first-order chi connectivity index (χ1) is 22.3. The first kappa shape index (κ1) is 32.3. The molecule has 0 saturated carbocycles. The van der Waals surface area contributed by atoms with Gasteiger partial charge in [0.2, 0.25) is 5.91 Å². The van der Waals surface area contributed by atoms with Gasteiger partial charge in [-0.25, -0.2) is 8.78 Å². The molecule has 5 rings (SSSR count).